The molecule has 0 saturated heterocycles. The van der Waals surface area contributed by atoms with Crippen molar-refractivity contribution in [1.82, 2.24) is 5.32 Å². The monoisotopic (exact) mass is 359 g/mol. The molecule has 2 rings (SSSR count). The highest BCUT2D eigenvalue weighted by molar-refractivity contribution is 5.96. The Balaban J connectivity index is 2.13. The van der Waals surface area contributed by atoms with Gasteiger partial charge in [0.25, 0.3) is 5.91 Å². The van der Waals surface area contributed by atoms with Crippen LogP contribution in [0.5, 0.6) is 5.75 Å². The highest BCUT2D eigenvalue weighted by Gasteiger charge is 2.35. The normalized spacial score (nSPS) is 12.8. The van der Waals surface area contributed by atoms with E-state index < -0.39 is 35.9 Å². The molecule has 0 radical (unpaired) electrons. The maximum absolute atomic E-state index is 13.0. The largest absolute Gasteiger partial charge is 0.435 e. The quantitative estimate of drug-likeness (QED) is 0.779. The Morgan fingerprint density at radius 3 is 2.20 bits per heavy atom. The van der Waals surface area contributed by atoms with E-state index in [0.29, 0.717) is 5.56 Å². The highest BCUT2D eigenvalue weighted by Crippen LogP contribution is 2.32. The SMILES string of the molecule is CC(NC(=O)c1ccccc1C(F)(F)F)c1ccc(OC(F)F)cc1. The molecular weight excluding hydrogens is 345 g/mol. The second-order valence-corrected chi connectivity index (χ2v) is 5.19. The lowest BCUT2D eigenvalue weighted by Crippen LogP contribution is -2.28. The molecule has 0 saturated carbocycles. The third-order valence-corrected chi connectivity index (χ3v) is 3.43. The van der Waals surface area contributed by atoms with E-state index in [1.165, 1.54) is 36.4 Å². The number of hydrogen-bond donors (Lipinski definition) is 1. The summed E-state index contributed by atoms with van der Waals surface area (Å²) in [4.78, 5) is 12.2. The van der Waals surface area contributed by atoms with Crippen molar-refractivity contribution in [3.63, 3.8) is 0 Å². The van der Waals surface area contributed by atoms with E-state index in [1.54, 1.807) is 6.92 Å². The molecule has 8 heteroatoms. The lowest BCUT2D eigenvalue weighted by Gasteiger charge is -2.17. The fourth-order valence-electron chi connectivity index (χ4n) is 2.22. The number of alkyl halides is 5. The first-order valence-corrected chi connectivity index (χ1v) is 7.20. The maximum Gasteiger partial charge on any atom is 0.417 e. The molecule has 0 fully saturated rings. The highest BCUT2D eigenvalue weighted by atomic mass is 19.4. The first kappa shape index (κ1) is 18.7. The fraction of sp³-hybridized carbons (Fsp3) is 0.235. The van der Waals surface area contributed by atoms with Gasteiger partial charge in [-0.15, -0.1) is 0 Å². The van der Waals surface area contributed by atoms with Crippen molar-refractivity contribution < 1.29 is 31.5 Å². The van der Waals surface area contributed by atoms with Gasteiger partial charge in [0.1, 0.15) is 5.75 Å². The van der Waals surface area contributed by atoms with E-state index in [2.05, 4.69) is 10.1 Å². The zero-order valence-corrected chi connectivity index (χ0v) is 13.0. The Morgan fingerprint density at radius 1 is 1.04 bits per heavy atom. The first-order chi connectivity index (χ1) is 11.7. The second-order valence-electron chi connectivity index (χ2n) is 5.19. The summed E-state index contributed by atoms with van der Waals surface area (Å²) in [6.07, 6.45) is -4.65. The number of carbonyl (C=O) groups excluding carboxylic acids is 1. The van der Waals surface area contributed by atoms with Crippen LogP contribution >= 0.6 is 0 Å². The number of benzene rings is 2. The summed E-state index contributed by atoms with van der Waals surface area (Å²) >= 11 is 0. The fourth-order valence-corrected chi connectivity index (χ4v) is 2.22. The molecule has 0 spiro atoms. The first-order valence-electron chi connectivity index (χ1n) is 7.20. The predicted molar refractivity (Wildman–Crippen MR) is 80.4 cm³/mol. The molecule has 0 aromatic heterocycles. The van der Waals surface area contributed by atoms with Gasteiger partial charge in [0.15, 0.2) is 0 Å². The van der Waals surface area contributed by atoms with Crippen LogP contribution in [0.15, 0.2) is 48.5 Å². The van der Waals surface area contributed by atoms with Crippen molar-refractivity contribution in [2.75, 3.05) is 0 Å². The van der Waals surface area contributed by atoms with Crippen LogP contribution in [-0.2, 0) is 6.18 Å². The standard InChI is InChI=1S/C17H14F5NO2/c1-10(11-6-8-12(9-7-11)25-16(18)19)23-15(24)13-4-2-3-5-14(13)17(20,21)22/h2-10,16H,1H3,(H,23,24). The van der Waals surface area contributed by atoms with Crippen molar-refractivity contribution in [1.29, 1.82) is 0 Å². The lowest BCUT2D eigenvalue weighted by atomic mass is 10.0. The van der Waals surface area contributed by atoms with Gasteiger partial charge >= 0.3 is 12.8 Å². The van der Waals surface area contributed by atoms with E-state index in [9.17, 15) is 26.7 Å². The number of halogens is 5. The smallest absolute Gasteiger partial charge is 0.417 e. The van der Waals surface area contributed by atoms with Crippen molar-refractivity contribution in [3.05, 3.63) is 65.2 Å². The molecular formula is C17H14F5NO2. The number of amides is 1. The molecule has 2 aromatic carbocycles. The van der Waals surface area contributed by atoms with Gasteiger partial charge in [-0.3, -0.25) is 4.79 Å². The molecule has 0 aliphatic carbocycles. The van der Waals surface area contributed by atoms with E-state index in [4.69, 9.17) is 0 Å². The number of hydrogen-bond acceptors (Lipinski definition) is 2. The average molecular weight is 359 g/mol. The Morgan fingerprint density at radius 2 is 1.64 bits per heavy atom. The van der Waals surface area contributed by atoms with Crippen LogP contribution in [0.2, 0.25) is 0 Å². The lowest BCUT2D eigenvalue weighted by molar-refractivity contribution is -0.137. The molecule has 25 heavy (non-hydrogen) atoms. The summed E-state index contributed by atoms with van der Waals surface area (Å²) in [5.74, 6) is -0.937. The van der Waals surface area contributed by atoms with E-state index in [0.717, 1.165) is 12.1 Å². The van der Waals surface area contributed by atoms with Crippen LogP contribution in [-0.4, -0.2) is 12.5 Å². The van der Waals surface area contributed by atoms with Crippen molar-refractivity contribution >= 4 is 5.91 Å². The minimum Gasteiger partial charge on any atom is -0.435 e. The van der Waals surface area contributed by atoms with Gasteiger partial charge in [-0.2, -0.15) is 22.0 Å². The minimum absolute atomic E-state index is 0.0558. The molecule has 1 N–H and O–H groups in total. The Kier molecular flexibility index (Phi) is 5.61. The molecule has 3 nitrogen and oxygen atoms in total. The number of carbonyl (C=O) groups is 1. The molecule has 0 aliphatic rings. The van der Waals surface area contributed by atoms with Gasteiger partial charge in [-0.05, 0) is 36.8 Å². The van der Waals surface area contributed by atoms with Gasteiger partial charge in [0.2, 0.25) is 0 Å². The zero-order valence-electron chi connectivity index (χ0n) is 13.0. The average Bonchev–Trinajstić information content (AvgIpc) is 2.54. The molecule has 1 unspecified atom stereocenters. The van der Waals surface area contributed by atoms with E-state index >= 15 is 0 Å². The van der Waals surface area contributed by atoms with Crippen molar-refractivity contribution in [2.45, 2.75) is 25.8 Å². The van der Waals surface area contributed by atoms with Gasteiger partial charge in [-0.25, -0.2) is 0 Å². The van der Waals surface area contributed by atoms with Gasteiger partial charge < -0.3 is 10.1 Å². The number of ether oxygens (including phenoxy) is 1. The second kappa shape index (κ2) is 7.50. The Hall–Kier alpha value is -2.64. The molecule has 1 amide bonds. The summed E-state index contributed by atoms with van der Waals surface area (Å²) in [5.41, 5.74) is -0.987. The van der Waals surface area contributed by atoms with Gasteiger partial charge in [-0.1, -0.05) is 24.3 Å². The summed E-state index contributed by atoms with van der Waals surface area (Å²) in [7, 11) is 0. The van der Waals surface area contributed by atoms with Gasteiger partial charge in [0.05, 0.1) is 17.2 Å². The molecule has 0 aliphatic heterocycles. The van der Waals surface area contributed by atoms with E-state index in [-0.39, 0.29) is 5.75 Å². The summed E-state index contributed by atoms with van der Waals surface area (Å²) in [6, 6.07) is 9.28. The summed E-state index contributed by atoms with van der Waals surface area (Å²) in [5, 5.41) is 2.46. The third-order valence-electron chi connectivity index (χ3n) is 3.43. The van der Waals surface area contributed by atoms with Crippen LogP contribution in [0.1, 0.15) is 34.5 Å². The maximum atomic E-state index is 13.0. The van der Waals surface area contributed by atoms with Crippen LogP contribution in [0.3, 0.4) is 0 Å². The molecule has 134 valence electrons. The molecule has 2 aromatic rings. The number of nitrogens with one attached hydrogen (secondary N) is 1. The minimum atomic E-state index is -4.65. The molecule has 0 bridgehead atoms. The van der Waals surface area contributed by atoms with E-state index in [1.807, 2.05) is 0 Å². The van der Waals surface area contributed by atoms with Crippen LogP contribution < -0.4 is 10.1 Å². The van der Waals surface area contributed by atoms with Crippen LogP contribution in [0, 0.1) is 0 Å². The Bertz CT molecular complexity index is 729. The zero-order chi connectivity index (χ0) is 18.6. The Labute approximate surface area is 140 Å². The van der Waals surface area contributed by atoms with Crippen LogP contribution in [0.4, 0.5) is 22.0 Å². The van der Waals surface area contributed by atoms with Crippen LogP contribution in [0.25, 0.3) is 0 Å². The van der Waals surface area contributed by atoms with Gasteiger partial charge in [0, 0.05) is 0 Å². The third kappa shape index (κ3) is 4.91. The number of rotatable bonds is 5. The van der Waals surface area contributed by atoms with Crippen molar-refractivity contribution in [2.24, 2.45) is 0 Å². The molecule has 0 heterocycles. The summed E-state index contributed by atoms with van der Waals surface area (Å²) < 4.78 is 67.3. The predicted octanol–water partition coefficient (Wildman–Crippen LogP) is 4.80. The summed E-state index contributed by atoms with van der Waals surface area (Å²) in [6.45, 7) is -1.39. The molecule has 1 atom stereocenters. The van der Waals surface area contributed by atoms with Crippen molar-refractivity contribution in [3.8, 4) is 5.75 Å². The topological polar surface area (TPSA) is 38.3 Å².